The molecule has 26 heavy (non-hydrogen) atoms. The van der Waals surface area contributed by atoms with E-state index in [1.807, 2.05) is 30.0 Å². The maximum absolute atomic E-state index is 13.0. The molecule has 0 aliphatic heterocycles. The number of ether oxygens (including phenoxy) is 1. The van der Waals surface area contributed by atoms with Crippen LogP contribution in [0.25, 0.3) is 10.2 Å². The molecule has 0 spiro atoms. The first-order chi connectivity index (χ1) is 12.7. The Labute approximate surface area is 160 Å². The summed E-state index contributed by atoms with van der Waals surface area (Å²) in [6, 6.07) is 5.95. The molecule has 3 rings (SSSR count). The Morgan fingerprint density at radius 1 is 1.23 bits per heavy atom. The highest BCUT2D eigenvalue weighted by Crippen LogP contribution is 2.35. The van der Waals surface area contributed by atoms with Gasteiger partial charge in [-0.25, -0.2) is 4.98 Å². The van der Waals surface area contributed by atoms with E-state index in [9.17, 15) is 4.79 Å². The number of benzene rings is 1. The molecule has 1 saturated carbocycles. The lowest BCUT2D eigenvalue weighted by molar-refractivity contribution is -0.124. The van der Waals surface area contributed by atoms with Crippen molar-refractivity contribution >= 4 is 32.6 Å². The highest BCUT2D eigenvalue weighted by molar-refractivity contribution is 7.22. The van der Waals surface area contributed by atoms with Gasteiger partial charge in [0.25, 0.3) is 0 Å². The topological polar surface area (TPSA) is 45.7 Å². The van der Waals surface area contributed by atoms with E-state index in [1.54, 1.807) is 11.3 Å². The molecule has 142 valence electrons. The summed E-state index contributed by atoms with van der Waals surface area (Å²) in [4.78, 5) is 22.0. The molecule has 1 aliphatic rings. The summed E-state index contributed by atoms with van der Waals surface area (Å²) in [6.07, 6.45) is 3.19. The smallest absolute Gasteiger partial charge is 0.231 e. The van der Waals surface area contributed by atoms with Crippen molar-refractivity contribution in [3.63, 3.8) is 0 Å². The number of amides is 1. The van der Waals surface area contributed by atoms with Crippen molar-refractivity contribution in [3.8, 4) is 5.75 Å². The van der Waals surface area contributed by atoms with Gasteiger partial charge in [0.15, 0.2) is 5.13 Å². The first-order valence-electron chi connectivity index (χ1n) is 9.73. The number of rotatable bonds is 9. The van der Waals surface area contributed by atoms with Crippen molar-refractivity contribution < 1.29 is 9.53 Å². The molecule has 1 fully saturated rings. The highest BCUT2D eigenvalue weighted by atomic mass is 32.1. The Kier molecular flexibility index (Phi) is 6.48. The molecule has 1 heterocycles. The Hall–Kier alpha value is -1.66. The molecule has 0 bridgehead atoms. The van der Waals surface area contributed by atoms with Crippen LogP contribution in [0.2, 0.25) is 0 Å². The van der Waals surface area contributed by atoms with Crippen LogP contribution in [-0.4, -0.2) is 48.6 Å². The summed E-state index contributed by atoms with van der Waals surface area (Å²) >= 11 is 1.59. The monoisotopic (exact) mass is 375 g/mol. The van der Waals surface area contributed by atoms with Crippen LogP contribution < -0.4 is 9.64 Å². The van der Waals surface area contributed by atoms with Crippen molar-refractivity contribution in [2.24, 2.45) is 5.92 Å². The summed E-state index contributed by atoms with van der Waals surface area (Å²) < 4.78 is 6.67. The van der Waals surface area contributed by atoms with E-state index >= 15 is 0 Å². The molecule has 0 N–H and O–H groups in total. The van der Waals surface area contributed by atoms with Crippen molar-refractivity contribution in [2.45, 2.75) is 40.0 Å². The minimum absolute atomic E-state index is 0.178. The molecule has 1 aromatic carbocycles. The zero-order valence-corrected chi connectivity index (χ0v) is 16.8. The van der Waals surface area contributed by atoms with E-state index in [0.717, 1.165) is 60.0 Å². The van der Waals surface area contributed by atoms with E-state index in [2.05, 4.69) is 18.7 Å². The standard InChI is InChI=1S/C20H29N3O2S/c1-4-22(5-2)12-13-23(19(24)15-8-7-9-15)20-21-17-11-10-16(25-6-3)14-18(17)26-20/h10-11,14-15H,4-9,12-13H2,1-3H3. The molecule has 5 nitrogen and oxygen atoms in total. The van der Waals surface area contributed by atoms with Crippen LogP contribution in [0.1, 0.15) is 40.0 Å². The Morgan fingerprint density at radius 3 is 2.62 bits per heavy atom. The molecular weight excluding hydrogens is 346 g/mol. The van der Waals surface area contributed by atoms with E-state index in [0.29, 0.717) is 13.2 Å². The van der Waals surface area contributed by atoms with Gasteiger partial charge in [-0.15, -0.1) is 0 Å². The number of aromatic nitrogens is 1. The number of carbonyl (C=O) groups is 1. The second-order valence-electron chi connectivity index (χ2n) is 6.70. The summed E-state index contributed by atoms with van der Waals surface area (Å²) in [6.45, 7) is 10.5. The Balaban J connectivity index is 1.84. The minimum Gasteiger partial charge on any atom is -0.494 e. The van der Waals surface area contributed by atoms with Crippen LogP contribution >= 0.6 is 11.3 Å². The molecule has 2 aromatic rings. The predicted octanol–water partition coefficient (Wildman–Crippen LogP) is 4.17. The fraction of sp³-hybridized carbons (Fsp3) is 0.600. The normalized spacial score (nSPS) is 14.6. The van der Waals surface area contributed by atoms with Gasteiger partial charge < -0.3 is 9.64 Å². The third-order valence-corrected chi connectivity index (χ3v) is 6.19. The number of fused-ring (bicyclic) bond motifs is 1. The summed E-state index contributed by atoms with van der Waals surface area (Å²) in [5.41, 5.74) is 0.933. The SMILES string of the molecule is CCOc1ccc2nc(N(CCN(CC)CC)C(=O)C3CCC3)sc2c1. The third kappa shape index (κ3) is 4.18. The summed E-state index contributed by atoms with van der Waals surface area (Å²) in [5, 5.41) is 0.817. The van der Waals surface area contributed by atoms with Crippen LogP contribution in [0.3, 0.4) is 0 Å². The Morgan fingerprint density at radius 2 is 2.00 bits per heavy atom. The maximum Gasteiger partial charge on any atom is 0.231 e. The first kappa shape index (κ1) is 19.1. The number of nitrogens with zero attached hydrogens (tertiary/aromatic N) is 3. The molecule has 1 amide bonds. The third-order valence-electron chi connectivity index (χ3n) is 5.15. The van der Waals surface area contributed by atoms with Gasteiger partial charge in [-0.3, -0.25) is 9.69 Å². The average Bonchev–Trinajstić information content (AvgIpc) is 3.00. The molecule has 1 aliphatic carbocycles. The van der Waals surface area contributed by atoms with Gasteiger partial charge in [0.05, 0.1) is 16.8 Å². The minimum atomic E-state index is 0.178. The zero-order chi connectivity index (χ0) is 18.5. The molecular formula is C20H29N3O2S. The maximum atomic E-state index is 13.0. The summed E-state index contributed by atoms with van der Waals surface area (Å²) in [5.74, 6) is 1.28. The fourth-order valence-electron chi connectivity index (χ4n) is 3.22. The van der Waals surface area contributed by atoms with Crippen molar-refractivity contribution in [3.05, 3.63) is 18.2 Å². The summed E-state index contributed by atoms with van der Waals surface area (Å²) in [7, 11) is 0. The van der Waals surface area contributed by atoms with E-state index in [4.69, 9.17) is 9.72 Å². The lowest BCUT2D eigenvalue weighted by atomic mass is 9.84. The van der Waals surface area contributed by atoms with Crippen LogP contribution in [-0.2, 0) is 4.79 Å². The first-order valence-corrected chi connectivity index (χ1v) is 10.5. The van der Waals surface area contributed by atoms with E-state index in [-0.39, 0.29) is 11.8 Å². The number of likely N-dealkylation sites (N-methyl/N-ethyl adjacent to an activating group) is 1. The van der Waals surface area contributed by atoms with Crippen LogP contribution in [0.4, 0.5) is 5.13 Å². The van der Waals surface area contributed by atoms with Crippen molar-refractivity contribution in [1.29, 1.82) is 0 Å². The zero-order valence-electron chi connectivity index (χ0n) is 16.0. The lowest BCUT2D eigenvalue weighted by Crippen LogP contribution is -2.43. The number of hydrogen-bond acceptors (Lipinski definition) is 5. The van der Waals surface area contributed by atoms with Gasteiger partial charge >= 0.3 is 0 Å². The molecule has 0 radical (unpaired) electrons. The van der Waals surface area contributed by atoms with E-state index in [1.165, 1.54) is 0 Å². The van der Waals surface area contributed by atoms with Gasteiger partial charge in [-0.2, -0.15) is 0 Å². The number of carbonyl (C=O) groups excluding carboxylic acids is 1. The average molecular weight is 376 g/mol. The largest absolute Gasteiger partial charge is 0.494 e. The van der Waals surface area contributed by atoms with Gasteiger partial charge in [0.2, 0.25) is 5.91 Å². The van der Waals surface area contributed by atoms with Crippen molar-refractivity contribution in [2.75, 3.05) is 37.7 Å². The molecule has 6 heteroatoms. The second kappa shape index (κ2) is 8.82. The quantitative estimate of drug-likeness (QED) is 0.660. The fourth-order valence-corrected chi connectivity index (χ4v) is 4.25. The second-order valence-corrected chi connectivity index (χ2v) is 7.71. The lowest BCUT2D eigenvalue weighted by Gasteiger charge is -2.31. The van der Waals surface area contributed by atoms with Gasteiger partial charge in [0, 0.05) is 19.0 Å². The van der Waals surface area contributed by atoms with Crippen LogP contribution in [0.5, 0.6) is 5.75 Å². The van der Waals surface area contributed by atoms with Gasteiger partial charge in [-0.05, 0) is 51.1 Å². The molecule has 0 atom stereocenters. The van der Waals surface area contributed by atoms with Gasteiger partial charge in [0.1, 0.15) is 5.75 Å². The van der Waals surface area contributed by atoms with E-state index < -0.39 is 0 Å². The van der Waals surface area contributed by atoms with Gasteiger partial charge in [-0.1, -0.05) is 31.6 Å². The van der Waals surface area contributed by atoms with Crippen LogP contribution in [0, 0.1) is 5.92 Å². The molecule has 0 saturated heterocycles. The number of hydrogen-bond donors (Lipinski definition) is 0. The number of thiazole rings is 1. The predicted molar refractivity (Wildman–Crippen MR) is 108 cm³/mol. The number of anilines is 1. The molecule has 0 unspecified atom stereocenters. The molecule has 1 aromatic heterocycles. The van der Waals surface area contributed by atoms with Crippen molar-refractivity contribution in [1.82, 2.24) is 9.88 Å². The highest BCUT2D eigenvalue weighted by Gasteiger charge is 2.31. The van der Waals surface area contributed by atoms with Crippen LogP contribution in [0.15, 0.2) is 18.2 Å². The Bertz CT molecular complexity index is 738.